The third-order valence-electron chi connectivity index (χ3n) is 4.38. The van der Waals surface area contributed by atoms with Crippen molar-refractivity contribution in [1.82, 2.24) is 20.7 Å². The Morgan fingerprint density at radius 3 is 2.42 bits per heavy atom. The van der Waals surface area contributed by atoms with Crippen LogP contribution in [-0.4, -0.2) is 54.1 Å². The maximum atomic E-state index is 12.6. The molecule has 0 aromatic carbocycles. The molecule has 0 saturated carbocycles. The van der Waals surface area contributed by atoms with Crippen LogP contribution in [0.1, 0.15) is 18.9 Å². The Balaban J connectivity index is 1.56. The van der Waals surface area contributed by atoms with Crippen molar-refractivity contribution < 1.29 is 18.0 Å². The summed E-state index contributed by atoms with van der Waals surface area (Å²) in [5.41, 5.74) is 5.27. The third-order valence-corrected chi connectivity index (χ3v) is 4.38. The normalized spacial score (nSPS) is 25.2. The Morgan fingerprint density at radius 1 is 1.21 bits per heavy atom. The van der Waals surface area contributed by atoms with E-state index in [0.29, 0.717) is 32.0 Å². The highest BCUT2D eigenvalue weighted by molar-refractivity contribution is 5.82. The van der Waals surface area contributed by atoms with E-state index in [4.69, 9.17) is 0 Å². The number of hydrazine groups is 1. The fourth-order valence-electron chi connectivity index (χ4n) is 2.99. The van der Waals surface area contributed by atoms with Gasteiger partial charge in [0.25, 0.3) is 0 Å². The second-order valence-corrected chi connectivity index (χ2v) is 6.19. The van der Waals surface area contributed by atoms with Gasteiger partial charge in [-0.3, -0.25) is 10.2 Å². The van der Waals surface area contributed by atoms with Crippen LogP contribution in [0.3, 0.4) is 0 Å². The highest BCUT2D eigenvalue weighted by Gasteiger charge is 2.33. The summed E-state index contributed by atoms with van der Waals surface area (Å²) in [6.45, 7) is 4.19. The van der Waals surface area contributed by atoms with Gasteiger partial charge in [-0.15, -0.1) is 0 Å². The fourth-order valence-corrected chi connectivity index (χ4v) is 2.99. The van der Waals surface area contributed by atoms with Crippen molar-refractivity contribution in [2.24, 2.45) is 0 Å². The third kappa shape index (κ3) is 3.62. The molecule has 24 heavy (non-hydrogen) atoms. The summed E-state index contributed by atoms with van der Waals surface area (Å²) in [6, 6.07) is 2.46. The molecule has 0 bridgehead atoms. The molecule has 2 aliphatic heterocycles. The van der Waals surface area contributed by atoms with Gasteiger partial charge < -0.3 is 9.80 Å². The van der Waals surface area contributed by atoms with Crippen LogP contribution in [0.4, 0.5) is 19.0 Å². The van der Waals surface area contributed by atoms with Crippen LogP contribution < -0.4 is 15.8 Å². The lowest BCUT2D eigenvalue weighted by atomic mass is 10.1. The molecule has 3 heterocycles. The van der Waals surface area contributed by atoms with E-state index in [9.17, 15) is 18.0 Å². The first-order chi connectivity index (χ1) is 11.3. The van der Waals surface area contributed by atoms with Crippen molar-refractivity contribution in [1.29, 1.82) is 0 Å². The number of pyridine rings is 1. The molecule has 0 aliphatic carbocycles. The zero-order valence-electron chi connectivity index (χ0n) is 13.3. The number of amides is 1. The first-order valence-corrected chi connectivity index (χ1v) is 7.92. The van der Waals surface area contributed by atoms with Gasteiger partial charge in [0.15, 0.2) is 0 Å². The van der Waals surface area contributed by atoms with Crippen LogP contribution in [0.25, 0.3) is 0 Å². The van der Waals surface area contributed by atoms with Crippen LogP contribution >= 0.6 is 0 Å². The van der Waals surface area contributed by atoms with Crippen molar-refractivity contribution in [2.45, 2.75) is 31.6 Å². The van der Waals surface area contributed by atoms with Crippen LogP contribution in [0, 0.1) is 0 Å². The first kappa shape index (κ1) is 17.0. The number of hydrogen-bond donors (Lipinski definition) is 2. The van der Waals surface area contributed by atoms with Crippen LogP contribution in [0.15, 0.2) is 18.3 Å². The van der Waals surface area contributed by atoms with Crippen LogP contribution in [0.2, 0.25) is 0 Å². The summed E-state index contributed by atoms with van der Waals surface area (Å²) >= 11 is 0. The van der Waals surface area contributed by atoms with E-state index in [0.717, 1.165) is 18.7 Å². The number of rotatable bonds is 2. The van der Waals surface area contributed by atoms with Gasteiger partial charge in [0.2, 0.25) is 5.91 Å². The van der Waals surface area contributed by atoms with E-state index in [-0.39, 0.29) is 18.0 Å². The number of aromatic nitrogens is 1. The Labute approximate surface area is 138 Å². The zero-order chi connectivity index (χ0) is 17.3. The predicted octanol–water partition coefficient (Wildman–Crippen LogP) is 1.00. The number of halogens is 3. The highest BCUT2D eigenvalue weighted by atomic mass is 19.4. The van der Waals surface area contributed by atoms with Crippen molar-refractivity contribution >= 4 is 11.7 Å². The SMILES string of the molecule is CC1CC(C(=O)N2CCN(c3ccc(C(F)(F)F)cn3)CC2)NN1. The summed E-state index contributed by atoms with van der Waals surface area (Å²) in [5.74, 6) is 0.566. The minimum atomic E-state index is -4.38. The molecule has 1 aromatic rings. The minimum Gasteiger partial charge on any atom is -0.353 e. The van der Waals surface area contributed by atoms with Gasteiger partial charge in [-0.25, -0.2) is 10.4 Å². The number of carbonyl (C=O) groups is 1. The number of piperazine rings is 1. The molecule has 132 valence electrons. The molecule has 2 N–H and O–H groups in total. The maximum absolute atomic E-state index is 12.6. The summed E-state index contributed by atoms with van der Waals surface area (Å²) in [4.78, 5) is 20.0. The maximum Gasteiger partial charge on any atom is 0.417 e. The Hall–Kier alpha value is -1.87. The molecule has 2 aliphatic rings. The van der Waals surface area contributed by atoms with Gasteiger partial charge in [-0.1, -0.05) is 0 Å². The van der Waals surface area contributed by atoms with Gasteiger partial charge in [-0.2, -0.15) is 13.2 Å². The van der Waals surface area contributed by atoms with Crippen molar-refractivity contribution in [3.63, 3.8) is 0 Å². The van der Waals surface area contributed by atoms with Gasteiger partial charge in [0.05, 0.1) is 5.56 Å². The molecular weight excluding hydrogens is 323 g/mol. The van der Waals surface area contributed by atoms with Gasteiger partial charge in [-0.05, 0) is 25.5 Å². The Morgan fingerprint density at radius 2 is 1.92 bits per heavy atom. The lowest BCUT2D eigenvalue weighted by Gasteiger charge is -2.36. The molecule has 2 atom stereocenters. The Kier molecular flexibility index (Phi) is 4.64. The van der Waals surface area contributed by atoms with E-state index < -0.39 is 11.7 Å². The van der Waals surface area contributed by atoms with Crippen LogP contribution in [-0.2, 0) is 11.0 Å². The number of nitrogens with one attached hydrogen (secondary N) is 2. The number of hydrogen-bond acceptors (Lipinski definition) is 5. The Bertz CT molecular complexity index is 584. The molecule has 0 radical (unpaired) electrons. The van der Waals surface area contributed by atoms with Gasteiger partial charge >= 0.3 is 6.18 Å². The lowest BCUT2D eigenvalue weighted by Crippen LogP contribution is -2.53. The van der Waals surface area contributed by atoms with Crippen molar-refractivity contribution in [3.8, 4) is 0 Å². The fraction of sp³-hybridized carbons (Fsp3) is 0.600. The summed E-state index contributed by atoms with van der Waals surface area (Å²) in [5, 5.41) is 0. The first-order valence-electron chi connectivity index (χ1n) is 7.92. The number of nitrogens with zero attached hydrogens (tertiary/aromatic N) is 3. The smallest absolute Gasteiger partial charge is 0.353 e. The number of carbonyl (C=O) groups excluding carboxylic acids is 1. The summed E-state index contributed by atoms with van der Waals surface area (Å²) < 4.78 is 37.7. The second-order valence-electron chi connectivity index (χ2n) is 6.19. The van der Waals surface area contributed by atoms with Gasteiger partial charge in [0, 0.05) is 38.4 Å². The van der Waals surface area contributed by atoms with Crippen molar-refractivity contribution in [2.75, 3.05) is 31.1 Å². The molecular formula is C15H20F3N5O. The van der Waals surface area contributed by atoms with E-state index in [1.807, 2.05) is 11.8 Å². The average Bonchev–Trinajstić information content (AvgIpc) is 3.00. The van der Waals surface area contributed by atoms with E-state index in [1.165, 1.54) is 6.07 Å². The molecule has 1 aromatic heterocycles. The molecule has 2 saturated heterocycles. The second kappa shape index (κ2) is 6.56. The number of alkyl halides is 3. The van der Waals surface area contributed by atoms with E-state index in [1.54, 1.807) is 4.90 Å². The molecule has 2 unspecified atom stereocenters. The van der Waals surface area contributed by atoms with E-state index >= 15 is 0 Å². The molecule has 3 rings (SSSR count). The summed E-state index contributed by atoms with van der Waals surface area (Å²) in [6.07, 6.45) is -2.78. The summed E-state index contributed by atoms with van der Waals surface area (Å²) in [7, 11) is 0. The lowest BCUT2D eigenvalue weighted by molar-refractivity contribution is -0.138. The quantitative estimate of drug-likeness (QED) is 0.839. The molecule has 0 spiro atoms. The molecule has 1 amide bonds. The predicted molar refractivity (Wildman–Crippen MR) is 82.2 cm³/mol. The topological polar surface area (TPSA) is 60.5 Å². The molecule has 9 heteroatoms. The highest BCUT2D eigenvalue weighted by Crippen LogP contribution is 2.29. The average molecular weight is 343 g/mol. The van der Waals surface area contributed by atoms with Crippen LogP contribution in [0.5, 0.6) is 0 Å². The number of anilines is 1. The van der Waals surface area contributed by atoms with Crippen molar-refractivity contribution in [3.05, 3.63) is 23.9 Å². The molecule has 6 nitrogen and oxygen atoms in total. The largest absolute Gasteiger partial charge is 0.417 e. The molecule has 2 fully saturated rings. The monoisotopic (exact) mass is 343 g/mol. The van der Waals surface area contributed by atoms with Gasteiger partial charge in [0.1, 0.15) is 11.9 Å². The van der Waals surface area contributed by atoms with E-state index in [2.05, 4.69) is 15.8 Å². The standard InChI is InChI=1S/C15H20F3N5O/c1-10-8-12(21-20-10)14(24)23-6-4-22(5-7-23)13-3-2-11(9-19-13)15(16,17)18/h2-3,9-10,12,20-21H,4-8H2,1H3. The zero-order valence-corrected chi connectivity index (χ0v) is 13.3. The minimum absolute atomic E-state index is 0.0619.